The van der Waals surface area contributed by atoms with Gasteiger partial charge in [0.1, 0.15) is 60.4 Å². The lowest BCUT2D eigenvalue weighted by atomic mass is 9.99. The molecule has 0 aliphatic carbocycles. The lowest BCUT2D eigenvalue weighted by Crippen LogP contribution is -2.60. The van der Waals surface area contributed by atoms with Crippen LogP contribution in [-0.2, 0) is 73.5 Å². The molecule has 0 unspecified atom stereocenters. The highest BCUT2D eigenvalue weighted by atomic mass is 16.4. The lowest BCUT2D eigenvalue weighted by Gasteiger charge is -2.28. The highest BCUT2D eigenvalue weighted by Gasteiger charge is 2.39. The summed E-state index contributed by atoms with van der Waals surface area (Å²) in [6.45, 7) is 5.33. The number of unbranched alkanes of at least 4 members (excludes halogenated alkanes) is 1. The van der Waals surface area contributed by atoms with Crippen molar-refractivity contribution in [1.29, 1.82) is 0 Å². The van der Waals surface area contributed by atoms with Gasteiger partial charge in [-0.25, -0.2) is 4.79 Å². The number of nitrogens with two attached hydrogens (primary N) is 4. The molecule has 11 amide bonds. The summed E-state index contributed by atoms with van der Waals surface area (Å²) in [6.07, 6.45) is -1.10. The quantitative estimate of drug-likeness (QED) is 0.0167. The number of aliphatic imine (C=N–C) groups is 1. The number of hydrogen-bond acceptors (Lipinski definition) is 19. The Kier molecular flexibility index (Phi) is 32.7. The van der Waals surface area contributed by atoms with Gasteiger partial charge in [-0.15, -0.1) is 0 Å². The van der Waals surface area contributed by atoms with Crippen LogP contribution in [0, 0.1) is 11.8 Å². The van der Waals surface area contributed by atoms with Crippen molar-refractivity contribution in [3.63, 3.8) is 0 Å². The number of aliphatic hydroxyl groups excluding tert-OH is 2. The number of nitrogens with one attached hydrogen (secondary N) is 11. The van der Waals surface area contributed by atoms with Crippen molar-refractivity contribution in [2.24, 2.45) is 39.8 Å². The molecule has 0 radical (unpaired) electrons. The van der Waals surface area contributed by atoms with Crippen LogP contribution in [0.15, 0.2) is 35.5 Å². The first-order chi connectivity index (χ1) is 44.3. The standard InChI is InChI=1S/C58H91N17O19/c1-28(2)20-36(52(88)70-37(21-31-24-64-33-13-7-6-12-32(31)33)53(89)68-35(15-10-18-63-58(61)62)51(87)72-39(57(93)94)23-45(82)83)69-50(86)34(14-8-9-17-59)67-42(78)25-65-49(85)40(27-76)73-54(90)41-16-11-19-75(41)43(79)26-66-48(84)38(22-44(80)81)71-56(92)47(29(3)4)74-55(91)46(60)30(5)77/h6-7,12-13,24,28-30,34-41,46-47,64,76-77H,8-11,14-23,25-27,59-60H2,1-5H3,(H,65,85)(H,66,84)(H,67,78)(H,68,89)(H,69,86)(H,70,88)(H,71,92)(H,72,87)(H,73,90)(H,74,91)(H,80,81)(H,82,83)(H,93,94)(H4,61,62,63)/t30-,34+,35+,36+,37+,38+,39+,40+,41+,46+,47+/m1/s1. The largest absolute Gasteiger partial charge is 0.481 e. The van der Waals surface area contributed by atoms with E-state index in [4.69, 9.17) is 22.9 Å². The molecule has 11 atom stereocenters. The maximum atomic E-state index is 14.5. The minimum absolute atomic E-state index is 0.0138. The predicted molar refractivity (Wildman–Crippen MR) is 334 cm³/mol. The van der Waals surface area contributed by atoms with Crippen LogP contribution < -0.4 is 76.1 Å². The van der Waals surface area contributed by atoms with Crippen molar-refractivity contribution in [3.05, 3.63) is 36.0 Å². The Hall–Kier alpha value is -9.55. The third-order valence-corrected chi connectivity index (χ3v) is 14.9. The number of aromatic nitrogens is 1. The fraction of sp³-hybridized carbons (Fsp3) is 0.603. The van der Waals surface area contributed by atoms with Gasteiger partial charge < -0.3 is 112 Å². The molecule has 1 aromatic carbocycles. The second kappa shape index (κ2) is 39.1. The van der Waals surface area contributed by atoms with Gasteiger partial charge in [0.25, 0.3) is 0 Å². The van der Waals surface area contributed by atoms with Crippen LogP contribution in [0.2, 0.25) is 0 Å². The summed E-state index contributed by atoms with van der Waals surface area (Å²) in [5, 5.41) is 73.1. The van der Waals surface area contributed by atoms with Crippen LogP contribution in [0.1, 0.15) is 104 Å². The number of aromatic amines is 1. The Morgan fingerprint density at radius 2 is 1.19 bits per heavy atom. The first kappa shape index (κ1) is 78.7. The Labute approximate surface area is 540 Å². The first-order valence-electron chi connectivity index (χ1n) is 30.6. The summed E-state index contributed by atoms with van der Waals surface area (Å²) in [6, 6.07) is -8.15. The number of carboxylic acids is 3. The number of H-pyrrole nitrogens is 1. The summed E-state index contributed by atoms with van der Waals surface area (Å²) in [5.41, 5.74) is 23.5. The number of nitrogens with zero attached hydrogens (tertiary/aromatic N) is 2. The molecule has 1 saturated heterocycles. The first-order valence-corrected chi connectivity index (χ1v) is 30.6. The SMILES string of the molecule is CC(C)C[C@H](NC(=O)[C@H](CCCCN)NC(=O)CNC(=O)[C@H](CO)NC(=O)[C@@H]1CCCN1C(=O)CNC(=O)[C@H](CC(=O)O)NC(=O)[C@@H](NC(=O)[C@@H](N)[C@@H](C)O)C(C)C)C(=O)N[C@@H](Cc1c[nH]c2ccccc12)C(=O)N[C@@H](CCCN=C(N)N)C(=O)N[C@@H](CC(=O)O)C(=O)O. The number of carboxylic acid groups (broad SMARTS) is 3. The molecule has 3 rings (SSSR count). The zero-order valence-corrected chi connectivity index (χ0v) is 53.1. The van der Waals surface area contributed by atoms with Crippen LogP contribution in [0.4, 0.5) is 0 Å². The number of amides is 11. The van der Waals surface area contributed by atoms with Gasteiger partial charge in [0.15, 0.2) is 5.96 Å². The van der Waals surface area contributed by atoms with E-state index < -0.39 is 188 Å². The highest BCUT2D eigenvalue weighted by molar-refractivity contribution is 5.99. The summed E-state index contributed by atoms with van der Waals surface area (Å²) in [7, 11) is 0. The van der Waals surface area contributed by atoms with Crippen molar-refractivity contribution in [3.8, 4) is 0 Å². The maximum absolute atomic E-state index is 14.5. The van der Waals surface area contributed by atoms with E-state index in [1.54, 1.807) is 58.2 Å². The molecule has 1 aliphatic heterocycles. The van der Waals surface area contributed by atoms with E-state index in [1.165, 1.54) is 6.92 Å². The number of para-hydroxylation sites is 1. The number of hydrogen-bond donors (Lipinski definition) is 20. The second-order valence-electron chi connectivity index (χ2n) is 23.3. The van der Waals surface area contributed by atoms with Crippen molar-refractivity contribution in [1.82, 2.24) is 63.1 Å². The summed E-state index contributed by atoms with van der Waals surface area (Å²) < 4.78 is 0. The molecule has 36 nitrogen and oxygen atoms in total. The Morgan fingerprint density at radius 3 is 1.79 bits per heavy atom. The molecule has 36 heteroatoms. The number of carbonyl (C=O) groups is 14. The van der Waals surface area contributed by atoms with Gasteiger partial charge in [-0.2, -0.15) is 0 Å². The lowest BCUT2D eigenvalue weighted by molar-refractivity contribution is -0.147. The molecule has 24 N–H and O–H groups in total. The highest BCUT2D eigenvalue weighted by Crippen LogP contribution is 2.21. The van der Waals surface area contributed by atoms with Gasteiger partial charge in [0.2, 0.25) is 65.0 Å². The van der Waals surface area contributed by atoms with E-state index in [0.29, 0.717) is 22.9 Å². The van der Waals surface area contributed by atoms with Crippen molar-refractivity contribution >= 4 is 99.7 Å². The zero-order valence-electron chi connectivity index (χ0n) is 53.1. The number of aliphatic hydroxyl groups is 2. The molecule has 0 saturated carbocycles. The summed E-state index contributed by atoms with van der Waals surface area (Å²) in [4.78, 5) is 193. The predicted octanol–water partition coefficient (Wildman–Crippen LogP) is -6.57. The van der Waals surface area contributed by atoms with E-state index in [9.17, 15) is 92.7 Å². The Bertz CT molecular complexity index is 3030. The molecule has 0 bridgehead atoms. The van der Waals surface area contributed by atoms with Crippen molar-refractivity contribution in [2.75, 3.05) is 39.3 Å². The topological polar surface area (TPSA) is 596 Å². The van der Waals surface area contributed by atoms with Crippen LogP contribution >= 0.6 is 0 Å². The normalized spacial score (nSPS) is 16.0. The Balaban J connectivity index is 1.77. The number of carbonyl (C=O) groups excluding carboxylic acids is 11. The average molecular weight is 1330 g/mol. The third-order valence-electron chi connectivity index (χ3n) is 14.9. The average Bonchev–Trinajstić information content (AvgIpc) is 1.68. The molecule has 2 aromatic rings. The molecular weight excluding hydrogens is 1240 g/mol. The third kappa shape index (κ3) is 26.2. The number of benzene rings is 1. The maximum Gasteiger partial charge on any atom is 0.326 e. The van der Waals surface area contributed by atoms with Crippen LogP contribution in [0.25, 0.3) is 10.9 Å². The van der Waals surface area contributed by atoms with Crippen molar-refractivity contribution < 1.29 is 92.7 Å². The zero-order chi connectivity index (χ0) is 70.5. The van der Waals surface area contributed by atoms with Gasteiger partial charge in [0, 0.05) is 36.6 Å². The number of likely N-dealkylation sites (tertiary alicyclic amines) is 1. The number of aliphatic carboxylic acids is 3. The van der Waals surface area contributed by atoms with Gasteiger partial charge in [-0.3, -0.25) is 67.3 Å². The molecule has 94 heavy (non-hydrogen) atoms. The molecule has 0 spiro atoms. The smallest absolute Gasteiger partial charge is 0.326 e. The van der Waals surface area contributed by atoms with Crippen LogP contribution in [0.5, 0.6) is 0 Å². The molecule has 1 fully saturated rings. The fourth-order valence-electron chi connectivity index (χ4n) is 9.80. The Morgan fingerprint density at radius 1 is 0.638 bits per heavy atom. The molecule has 1 aliphatic rings. The van der Waals surface area contributed by atoms with E-state index in [1.807, 2.05) is 0 Å². The number of fused-ring (bicyclic) bond motifs is 1. The van der Waals surface area contributed by atoms with Crippen LogP contribution in [0.3, 0.4) is 0 Å². The van der Waals surface area contributed by atoms with Crippen LogP contribution in [-0.4, -0.2) is 230 Å². The molecule has 522 valence electrons. The molecule has 1 aromatic heterocycles. The van der Waals surface area contributed by atoms with E-state index in [-0.39, 0.29) is 82.9 Å². The fourth-order valence-corrected chi connectivity index (χ4v) is 9.80. The van der Waals surface area contributed by atoms with Gasteiger partial charge in [-0.05, 0) is 88.3 Å². The number of rotatable bonds is 41. The number of guanidine groups is 1. The summed E-state index contributed by atoms with van der Waals surface area (Å²) >= 11 is 0. The van der Waals surface area contributed by atoms with Gasteiger partial charge >= 0.3 is 17.9 Å². The molecular formula is C58H91N17O19. The summed E-state index contributed by atoms with van der Waals surface area (Å²) in [5.74, 6) is -16.5. The monoisotopic (exact) mass is 1330 g/mol. The second-order valence-corrected chi connectivity index (χ2v) is 23.3. The minimum Gasteiger partial charge on any atom is -0.481 e. The molecule has 2 heterocycles. The van der Waals surface area contributed by atoms with Gasteiger partial charge in [-0.1, -0.05) is 45.9 Å². The van der Waals surface area contributed by atoms with E-state index in [2.05, 4.69) is 63.1 Å². The van der Waals surface area contributed by atoms with E-state index >= 15 is 0 Å². The van der Waals surface area contributed by atoms with Gasteiger partial charge in [0.05, 0.1) is 38.6 Å². The van der Waals surface area contributed by atoms with E-state index in [0.717, 1.165) is 4.90 Å². The van der Waals surface area contributed by atoms with Crippen molar-refractivity contribution in [2.45, 2.75) is 172 Å². The minimum atomic E-state index is -1.90.